The molecule has 5 atom stereocenters. The second kappa shape index (κ2) is 23.4. The molecule has 0 aliphatic heterocycles. The van der Waals surface area contributed by atoms with E-state index < -0.39 is 29.6 Å². The second-order valence-corrected chi connectivity index (χ2v) is 10.5. The number of unbranched alkanes of at least 4 members (excludes halogenated alkanes) is 2. The molecular weight excluding hydrogens is 544 g/mol. The van der Waals surface area contributed by atoms with Gasteiger partial charge < -0.3 is 29.8 Å². The molecule has 0 fully saturated rings. The van der Waals surface area contributed by atoms with E-state index in [0.29, 0.717) is 51.5 Å². The third-order valence-corrected chi connectivity index (χ3v) is 6.82. The van der Waals surface area contributed by atoms with E-state index in [1.165, 1.54) is 0 Å². The van der Waals surface area contributed by atoms with Gasteiger partial charge in [0.1, 0.15) is 6.10 Å². The highest BCUT2D eigenvalue weighted by Gasteiger charge is 2.23. The molecule has 1 aliphatic rings. The number of carbonyl (C=O) groups is 2. The highest BCUT2D eigenvalue weighted by Crippen LogP contribution is 2.21. The van der Waals surface area contributed by atoms with E-state index in [9.17, 15) is 29.9 Å². The van der Waals surface area contributed by atoms with E-state index in [-0.39, 0.29) is 37.4 Å². The lowest BCUT2D eigenvalue weighted by Gasteiger charge is -2.24. The Balaban J connectivity index is 2.52. The van der Waals surface area contributed by atoms with Gasteiger partial charge in [-0.3, -0.25) is 4.79 Å². The minimum absolute atomic E-state index is 0.0325. The summed E-state index contributed by atoms with van der Waals surface area (Å²) < 4.78 is 10.6. The van der Waals surface area contributed by atoms with Crippen molar-refractivity contribution in [3.63, 3.8) is 0 Å². The minimum atomic E-state index is -0.868. The Morgan fingerprint density at radius 1 is 1.12 bits per heavy atom. The van der Waals surface area contributed by atoms with E-state index in [4.69, 9.17) is 9.47 Å². The lowest BCUT2D eigenvalue weighted by atomic mass is 9.93. The zero-order valence-electron chi connectivity index (χ0n) is 25.1. The van der Waals surface area contributed by atoms with Crippen molar-refractivity contribution in [3.05, 3.63) is 58.7 Å². The van der Waals surface area contributed by atoms with E-state index >= 15 is 0 Å². The minimum Gasteiger partial charge on any atom is -0.434 e. The molecule has 1 amide bonds. The number of amides is 1. The third-order valence-electron chi connectivity index (χ3n) is 6.82. The number of hydrogen-bond acceptors (Lipinski definition) is 9. The first-order valence-electron chi connectivity index (χ1n) is 15.1. The number of aliphatic hydroxyl groups excluding tert-OH is 2. The molecule has 0 saturated carbocycles. The van der Waals surface area contributed by atoms with Gasteiger partial charge in [0.25, 0.3) is 5.09 Å². The van der Waals surface area contributed by atoms with Crippen LogP contribution in [0.4, 0.5) is 4.79 Å². The fourth-order valence-corrected chi connectivity index (χ4v) is 4.31. The molecule has 3 N–H and O–H groups in total. The van der Waals surface area contributed by atoms with Crippen molar-refractivity contribution in [3.8, 4) is 0 Å². The maximum absolute atomic E-state index is 12.3. The van der Waals surface area contributed by atoms with Gasteiger partial charge in [-0.05, 0) is 76.5 Å². The van der Waals surface area contributed by atoms with E-state index in [2.05, 4.69) is 22.3 Å². The topological polar surface area (TPSA) is 157 Å². The van der Waals surface area contributed by atoms with Crippen LogP contribution >= 0.6 is 0 Å². The van der Waals surface area contributed by atoms with Gasteiger partial charge in [-0.2, -0.15) is 0 Å². The van der Waals surface area contributed by atoms with Crippen LogP contribution in [0.5, 0.6) is 0 Å². The molecule has 11 nitrogen and oxygen atoms in total. The molecular formula is C31H50N2O9. The predicted octanol–water partition coefficient (Wildman–Crippen LogP) is 5.36. The number of aliphatic hydroxyl groups is 2. The van der Waals surface area contributed by atoms with Crippen molar-refractivity contribution < 1.29 is 39.2 Å². The molecule has 0 spiro atoms. The molecule has 0 radical (unpaired) electrons. The quantitative estimate of drug-likeness (QED) is 0.0466. The Bertz CT molecular complexity index is 888. The average molecular weight is 595 g/mol. The molecule has 42 heavy (non-hydrogen) atoms. The first-order chi connectivity index (χ1) is 20.2. The van der Waals surface area contributed by atoms with Gasteiger partial charge in [0.2, 0.25) is 5.91 Å². The van der Waals surface area contributed by atoms with Crippen LogP contribution in [0.3, 0.4) is 0 Å². The number of nitrogens with one attached hydrogen (secondary N) is 1. The molecule has 1 aliphatic carbocycles. The van der Waals surface area contributed by atoms with Gasteiger partial charge in [0, 0.05) is 19.4 Å². The monoisotopic (exact) mass is 594 g/mol. The Kier molecular flexibility index (Phi) is 20.5. The molecule has 0 heterocycles. The SMILES string of the molecule is CCNC(=O)CCC/C=C\C[C@H](C)[C@@H](O)C[C@H](CCC[C@@H](O)/C=C/C1C=CC=CC1)OC(=O)OCCCCO[N+](=O)[O-]. The first-order valence-corrected chi connectivity index (χ1v) is 15.1. The molecule has 1 unspecified atom stereocenters. The van der Waals surface area contributed by atoms with Gasteiger partial charge in [0.05, 0.1) is 25.4 Å². The molecule has 0 saturated heterocycles. The molecule has 0 aromatic heterocycles. The number of nitrogens with zero attached hydrogens (tertiary/aromatic N) is 1. The number of carbonyl (C=O) groups excluding carboxylic acids is 2. The molecule has 11 heteroatoms. The summed E-state index contributed by atoms with van der Waals surface area (Å²) >= 11 is 0. The van der Waals surface area contributed by atoms with Gasteiger partial charge in [-0.1, -0.05) is 55.5 Å². The van der Waals surface area contributed by atoms with Crippen LogP contribution < -0.4 is 5.32 Å². The van der Waals surface area contributed by atoms with Gasteiger partial charge in [-0.15, -0.1) is 10.1 Å². The van der Waals surface area contributed by atoms with Crippen molar-refractivity contribution in [2.75, 3.05) is 19.8 Å². The fourth-order valence-electron chi connectivity index (χ4n) is 4.31. The van der Waals surface area contributed by atoms with Crippen LogP contribution in [-0.4, -0.2) is 65.4 Å². The van der Waals surface area contributed by atoms with Crippen LogP contribution in [0, 0.1) is 22.0 Å². The zero-order chi connectivity index (χ0) is 31.0. The smallest absolute Gasteiger partial charge is 0.434 e. The highest BCUT2D eigenvalue weighted by molar-refractivity contribution is 5.75. The molecule has 0 aromatic rings. The summed E-state index contributed by atoms with van der Waals surface area (Å²) in [4.78, 5) is 38.3. The van der Waals surface area contributed by atoms with Crippen molar-refractivity contribution in [2.24, 2.45) is 11.8 Å². The lowest BCUT2D eigenvalue weighted by Crippen LogP contribution is -2.28. The molecule has 238 valence electrons. The van der Waals surface area contributed by atoms with E-state index in [1.807, 2.05) is 44.2 Å². The van der Waals surface area contributed by atoms with Crippen LogP contribution in [0.2, 0.25) is 0 Å². The number of rotatable bonds is 23. The first kappa shape index (κ1) is 36.8. The Labute approximate surface area is 249 Å². The maximum Gasteiger partial charge on any atom is 0.508 e. The summed E-state index contributed by atoms with van der Waals surface area (Å²) in [6.45, 7) is 4.40. The van der Waals surface area contributed by atoms with Gasteiger partial charge in [-0.25, -0.2) is 4.79 Å². The fraction of sp³-hybridized carbons (Fsp3) is 0.677. The maximum atomic E-state index is 12.3. The van der Waals surface area contributed by atoms with Gasteiger partial charge >= 0.3 is 6.16 Å². The van der Waals surface area contributed by atoms with Crippen molar-refractivity contribution in [1.82, 2.24) is 5.32 Å². The number of ether oxygens (including phenoxy) is 2. The molecule has 0 bridgehead atoms. The molecule has 1 rings (SSSR count). The zero-order valence-corrected chi connectivity index (χ0v) is 25.1. The summed E-state index contributed by atoms with van der Waals surface area (Å²) in [5.41, 5.74) is 0. The van der Waals surface area contributed by atoms with E-state index in [0.717, 1.165) is 19.3 Å². The van der Waals surface area contributed by atoms with Crippen LogP contribution in [0.25, 0.3) is 0 Å². The number of hydrogen-bond donors (Lipinski definition) is 3. The Hall–Kier alpha value is -3.18. The Morgan fingerprint density at radius 2 is 1.90 bits per heavy atom. The lowest BCUT2D eigenvalue weighted by molar-refractivity contribution is -0.757. The number of allylic oxidation sites excluding steroid dienone is 7. The van der Waals surface area contributed by atoms with Crippen LogP contribution in [0.15, 0.2) is 48.6 Å². The van der Waals surface area contributed by atoms with Crippen molar-refractivity contribution in [2.45, 2.75) is 103 Å². The summed E-state index contributed by atoms with van der Waals surface area (Å²) in [5.74, 6) is 0.234. The van der Waals surface area contributed by atoms with Crippen molar-refractivity contribution >= 4 is 12.1 Å². The third kappa shape index (κ3) is 19.8. The van der Waals surface area contributed by atoms with Gasteiger partial charge in [0.15, 0.2) is 0 Å². The highest BCUT2D eigenvalue weighted by atomic mass is 16.9. The van der Waals surface area contributed by atoms with Crippen LogP contribution in [-0.2, 0) is 19.1 Å². The van der Waals surface area contributed by atoms with Crippen LogP contribution in [0.1, 0.15) is 84.5 Å². The second-order valence-electron chi connectivity index (χ2n) is 10.5. The largest absolute Gasteiger partial charge is 0.508 e. The summed E-state index contributed by atoms with van der Waals surface area (Å²) in [6.07, 6.45) is 19.2. The summed E-state index contributed by atoms with van der Waals surface area (Å²) in [6, 6.07) is 0. The standard InChI is InChI=1S/C31H50N2O9/c1-3-32-30(36)19-10-5-4-7-14-25(2)29(35)24-28(42-31(37)40-22-11-12-23-41-33(38)39)18-13-17-27(34)21-20-26-15-8-6-9-16-26/h4,6-9,15,20-21,25-29,34-35H,3,5,10-14,16-19,22-24H2,1-2H3,(H,32,36)/b7-4-,21-20+/t25-,26?,27+,28-,29-/m0/s1. The average Bonchev–Trinajstić information content (AvgIpc) is 2.95. The normalized spacial score (nSPS) is 17.6. The van der Waals surface area contributed by atoms with E-state index in [1.54, 1.807) is 6.08 Å². The Morgan fingerprint density at radius 3 is 2.62 bits per heavy atom. The summed E-state index contributed by atoms with van der Waals surface area (Å²) in [5, 5.41) is 33.3. The predicted molar refractivity (Wildman–Crippen MR) is 160 cm³/mol. The summed E-state index contributed by atoms with van der Waals surface area (Å²) in [7, 11) is 0. The molecule has 0 aromatic carbocycles. The van der Waals surface area contributed by atoms with Crippen molar-refractivity contribution in [1.29, 1.82) is 0 Å².